The lowest BCUT2D eigenvalue weighted by atomic mass is 10.0. The van der Waals surface area contributed by atoms with E-state index in [9.17, 15) is 9.90 Å². The normalized spacial score (nSPS) is 11.1. The fourth-order valence-corrected chi connectivity index (χ4v) is 1.67. The van der Waals surface area contributed by atoms with Crippen molar-refractivity contribution in [2.45, 2.75) is 0 Å². The maximum atomic E-state index is 11.3. The number of nitrogens with zero attached hydrogens (tertiary/aromatic N) is 1. The Hall–Kier alpha value is -2.62. The minimum Gasteiger partial charge on any atom is -0.497 e. The van der Waals surface area contributed by atoms with E-state index in [1.165, 1.54) is 0 Å². The molecule has 0 amide bonds. The highest BCUT2D eigenvalue weighted by atomic mass is 16.5. The minimum atomic E-state index is -0.970. The summed E-state index contributed by atoms with van der Waals surface area (Å²) in [6.07, 6.45) is 4.87. The number of carboxylic acids is 1. The first kappa shape index (κ1) is 12.8. The fourth-order valence-electron chi connectivity index (χ4n) is 1.67. The average Bonchev–Trinajstić information content (AvgIpc) is 2.46. The summed E-state index contributed by atoms with van der Waals surface area (Å²) in [7, 11) is 1.57. The van der Waals surface area contributed by atoms with E-state index < -0.39 is 5.97 Å². The third-order valence-corrected chi connectivity index (χ3v) is 2.65. The smallest absolute Gasteiger partial charge is 0.336 e. The Morgan fingerprint density at radius 3 is 2.32 bits per heavy atom. The van der Waals surface area contributed by atoms with Crippen LogP contribution in [-0.4, -0.2) is 23.2 Å². The van der Waals surface area contributed by atoms with E-state index in [1.807, 2.05) is 0 Å². The van der Waals surface area contributed by atoms with Gasteiger partial charge < -0.3 is 9.84 Å². The van der Waals surface area contributed by atoms with Gasteiger partial charge in [0.05, 0.1) is 12.7 Å². The van der Waals surface area contributed by atoms with Crippen molar-refractivity contribution in [3.8, 4) is 5.75 Å². The first-order chi connectivity index (χ1) is 9.20. The molecule has 0 fully saturated rings. The molecule has 0 atom stereocenters. The van der Waals surface area contributed by atoms with Gasteiger partial charge in [0.25, 0.3) is 0 Å². The Labute approximate surface area is 111 Å². The van der Waals surface area contributed by atoms with Crippen molar-refractivity contribution in [3.63, 3.8) is 0 Å². The molecule has 0 unspecified atom stereocenters. The third-order valence-electron chi connectivity index (χ3n) is 2.65. The lowest BCUT2D eigenvalue weighted by Crippen LogP contribution is -1.99. The first-order valence-corrected chi connectivity index (χ1v) is 5.70. The number of aliphatic carboxylic acids is 1. The fraction of sp³-hybridized carbons (Fsp3) is 0.0667. The molecular weight excluding hydrogens is 242 g/mol. The van der Waals surface area contributed by atoms with Crippen LogP contribution in [0, 0.1) is 0 Å². The monoisotopic (exact) mass is 255 g/mol. The van der Waals surface area contributed by atoms with E-state index in [0.29, 0.717) is 11.3 Å². The molecule has 1 aromatic carbocycles. The van der Waals surface area contributed by atoms with Crippen LogP contribution >= 0.6 is 0 Å². The van der Waals surface area contributed by atoms with Gasteiger partial charge in [0.15, 0.2) is 0 Å². The summed E-state index contributed by atoms with van der Waals surface area (Å²) in [6.45, 7) is 0. The number of carbonyl (C=O) groups is 1. The summed E-state index contributed by atoms with van der Waals surface area (Å²) in [5.41, 5.74) is 1.65. The summed E-state index contributed by atoms with van der Waals surface area (Å²) in [5.74, 6) is -0.278. The number of ether oxygens (including phenoxy) is 1. The Bertz CT molecular complexity index is 589. The van der Waals surface area contributed by atoms with Crippen LogP contribution in [0.25, 0.3) is 11.6 Å². The molecule has 0 aliphatic heterocycles. The number of rotatable bonds is 4. The highest BCUT2D eigenvalue weighted by Gasteiger charge is 2.10. The molecule has 0 saturated heterocycles. The zero-order valence-electron chi connectivity index (χ0n) is 10.4. The molecule has 2 aromatic rings. The Morgan fingerprint density at radius 1 is 1.16 bits per heavy atom. The maximum absolute atomic E-state index is 11.3. The molecule has 0 spiro atoms. The zero-order chi connectivity index (χ0) is 13.7. The van der Waals surface area contributed by atoms with E-state index in [4.69, 9.17) is 4.74 Å². The van der Waals surface area contributed by atoms with Crippen molar-refractivity contribution in [1.29, 1.82) is 0 Å². The highest BCUT2D eigenvalue weighted by molar-refractivity contribution is 6.20. The quantitative estimate of drug-likeness (QED) is 0.853. The standard InChI is InChI=1S/C15H13NO3/c1-19-13-4-2-12(3-5-13)14(15(17)18)10-11-6-8-16-9-7-11/h2-10H,1H3,(H,17,18)/b14-10+. The predicted molar refractivity (Wildman–Crippen MR) is 72.7 cm³/mol. The van der Waals surface area contributed by atoms with Crippen molar-refractivity contribution in [3.05, 3.63) is 59.9 Å². The van der Waals surface area contributed by atoms with Gasteiger partial charge in [-0.25, -0.2) is 4.79 Å². The average molecular weight is 255 g/mol. The van der Waals surface area contributed by atoms with Gasteiger partial charge in [-0.2, -0.15) is 0 Å². The molecule has 4 heteroatoms. The van der Waals surface area contributed by atoms with Crippen LogP contribution in [0.3, 0.4) is 0 Å². The van der Waals surface area contributed by atoms with Crippen LogP contribution < -0.4 is 4.74 Å². The Morgan fingerprint density at radius 2 is 1.79 bits per heavy atom. The van der Waals surface area contributed by atoms with Crippen molar-refractivity contribution in [2.24, 2.45) is 0 Å². The second-order valence-corrected chi connectivity index (χ2v) is 3.87. The Balaban J connectivity index is 2.40. The number of pyridine rings is 1. The minimum absolute atomic E-state index is 0.230. The highest BCUT2D eigenvalue weighted by Crippen LogP contribution is 2.21. The molecule has 0 aliphatic carbocycles. The van der Waals surface area contributed by atoms with Gasteiger partial charge in [0.2, 0.25) is 0 Å². The lowest BCUT2D eigenvalue weighted by molar-refractivity contribution is -0.130. The van der Waals surface area contributed by atoms with Gasteiger partial charge in [-0.1, -0.05) is 12.1 Å². The number of hydrogen-bond acceptors (Lipinski definition) is 3. The Kier molecular flexibility index (Phi) is 3.93. The van der Waals surface area contributed by atoms with Gasteiger partial charge in [0, 0.05) is 12.4 Å². The molecule has 1 heterocycles. The van der Waals surface area contributed by atoms with Crippen LogP contribution in [0.2, 0.25) is 0 Å². The van der Waals surface area contributed by atoms with Crippen molar-refractivity contribution in [2.75, 3.05) is 7.11 Å². The van der Waals surface area contributed by atoms with Crippen LogP contribution in [-0.2, 0) is 4.79 Å². The van der Waals surface area contributed by atoms with E-state index in [-0.39, 0.29) is 5.57 Å². The number of carboxylic acid groups (broad SMARTS) is 1. The summed E-state index contributed by atoms with van der Waals surface area (Å²) >= 11 is 0. The molecule has 0 saturated carbocycles. The molecule has 0 bridgehead atoms. The second kappa shape index (κ2) is 5.82. The van der Waals surface area contributed by atoms with Gasteiger partial charge in [0.1, 0.15) is 5.75 Å². The van der Waals surface area contributed by atoms with Gasteiger partial charge >= 0.3 is 5.97 Å². The summed E-state index contributed by atoms with van der Waals surface area (Å²) in [6, 6.07) is 10.4. The molecular formula is C15H13NO3. The summed E-state index contributed by atoms with van der Waals surface area (Å²) in [5, 5.41) is 9.30. The van der Waals surface area contributed by atoms with Crippen LogP contribution in [0.1, 0.15) is 11.1 Å². The van der Waals surface area contributed by atoms with Gasteiger partial charge in [-0.15, -0.1) is 0 Å². The van der Waals surface area contributed by atoms with Crippen molar-refractivity contribution >= 4 is 17.6 Å². The molecule has 96 valence electrons. The maximum Gasteiger partial charge on any atom is 0.336 e. The van der Waals surface area contributed by atoms with Crippen LogP contribution in [0.5, 0.6) is 5.75 Å². The largest absolute Gasteiger partial charge is 0.497 e. The van der Waals surface area contributed by atoms with Crippen LogP contribution in [0.4, 0.5) is 0 Å². The summed E-state index contributed by atoms with van der Waals surface area (Å²) < 4.78 is 5.05. The van der Waals surface area contributed by atoms with Crippen molar-refractivity contribution in [1.82, 2.24) is 4.98 Å². The first-order valence-electron chi connectivity index (χ1n) is 5.70. The molecule has 1 N–H and O–H groups in total. The van der Waals surface area contributed by atoms with E-state index in [0.717, 1.165) is 5.56 Å². The predicted octanol–water partition coefficient (Wildman–Crippen LogP) is 2.72. The summed E-state index contributed by atoms with van der Waals surface area (Å²) in [4.78, 5) is 15.2. The molecule has 4 nitrogen and oxygen atoms in total. The number of benzene rings is 1. The van der Waals surface area contributed by atoms with E-state index in [2.05, 4.69) is 4.98 Å². The van der Waals surface area contributed by atoms with E-state index >= 15 is 0 Å². The van der Waals surface area contributed by atoms with Gasteiger partial charge in [-0.05, 0) is 41.5 Å². The van der Waals surface area contributed by atoms with Crippen molar-refractivity contribution < 1.29 is 14.6 Å². The van der Waals surface area contributed by atoms with E-state index in [1.54, 1.807) is 62.0 Å². The zero-order valence-corrected chi connectivity index (χ0v) is 10.4. The third kappa shape index (κ3) is 3.19. The molecule has 0 radical (unpaired) electrons. The topological polar surface area (TPSA) is 59.4 Å². The van der Waals surface area contributed by atoms with Crippen LogP contribution in [0.15, 0.2) is 48.8 Å². The second-order valence-electron chi connectivity index (χ2n) is 3.87. The lowest BCUT2D eigenvalue weighted by Gasteiger charge is -2.05. The SMILES string of the molecule is COc1ccc(/C(=C\c2ccncc2)C(=O)O)cc1. The van der Waals surface area contributed by atoms with Gasteiger partial charge in [-0.3, -0.25) is 4.98 Å². The number of methoxy groups -OCH3 is 1. The molecule has 2 rings (SSSR count). The number of aromatic nitrogens is 1. The molecule has 0 aliphatic rings. The molecule has 1 aromatic heterocycles. The molecule has 19 heavy (non-hydrogen) atoms. The number of hydrogen-bond donors (Lipinski definition) is 1.